The van der Waals surface area contributed by atoms with Crippen molar-refractivity contribution in [1.29, 1.82) is 0 Å². The molecule has 0 aliphatic carbocycles. The summed E-state index contributed by atoms with van der Waals surface area (Å²) in [5.41, 5.74) is 3.80. The number of hydrogen-bond donors (Lipinski definition) is 1. The zero-order chi connectivity index (χ0) is 17.6. The summed E-state index contributed by atoms with van der Waals surface area (Å²) in [5.74, 6) is 0.525. The highest BCUT2D eigenvalue weighted by Gasteiger charge is 2.19. The van der Waals surface area contributed by atoms with Crippen molar-refractivity contribution in [3.05, 3.63) is 54.1 Å². The molecular weight excluding hydrogens is 317 g/mol. The summed E-state index contributed by atoms with van der Waals surface area (Å²) in [6.07, 6.45) is 1.80. The zero-order valence-corrected chi connectivity index (χ0v) is 14.3. The lowest BCUT2D eigenvalue weighted by Gasteiger charge is -2.18. The number of nitrogens with zero attached hydrogens (tertiary/aromatic N) is 2. The highest BCUT2D eigenvalue weighted by atomic mass is 19.1. The number of rotatable bonds is 3. The molecule has 4 aromatic rings. The van der Waals surface area contributed by atoms with Crippen LogP contribution in [0.4, 0.5) is 4.39 Å². The number of benzene rings is 2. The van der Waals surface area contributed by atoms with Crippen molar-refractivity contribution in [1.82, 2.24) is 15.2 Å². The number of methoxy groups -OCH3 is 1. The summed E-state index contributed by atoms with van der Waals surface area (Å²) in [7, 11) is 1.63. The topological polar surface area (TPSA) is 50.8 Å². The number of nitrogens with one attached hydrogen (secondary N) is 1. The average molecular weight is 335 g/mol. The van der Waals surface area contributed by atoms with Crippen LogP contribution in [0.3, 0.4) is 0 Å². The SMILES string of the molecule is COc1nc(C(C)C)c(-c2ccc(F)cc2)c2cc3cn[nH]c3cc12. The molecule has 2 heterocycles. The second-order valence-electron chi connectivity index (χ2n) is 6.40. The molecule has 0 spiro atoms. The van der Waals surface area contributed by atoms with Crippen molar-refractivity contribution in [2.24, 2.45) is 0 Å². The van der Waals surface area contributed by atoms with E-state index in [2.05, 4.69) is 30.1 Å². The van der Waals surface area contributed by atoms with Crippen molar-refractivity contribution < 1.29 is 9.13 Å². The Balaban J connectivity index is 2.16. The first kappa shape index (κ1) is 15.6. The van der Waals surface area contributed by atoms with Gasteiger partial charge in [-0.25, -0.2) is 9.37 Å². The van der Waals surface area contributed by atoms with Crippen LogP contribution < -0.4 is 4.74 Å². The van der Waals surface area contributed by atoms with Gasteiger partial charge in [-0.1, -0.05) is 26.0 Å². The van der Waals surface area contributed by atoms with Crippen molar-refractivity contribution in [2.45, 2.75) is 19.8 Å². The number of aromatic nitrogens is 3. The van der Waals surface area contributed by atoms with Crippen LogP contribution in [0.25, 0.3) is 32.8 Å². The average Bonchev–Trinajstić information content (AvgIpc) is 3.06. The molecule has 0 bridgehead atoms. The minimum Gasteiger partial charge on any atom is -0.481 e. The Bertz CT molecular complexity index is 1070. The van der Waals surface area contributed by atoms with Crippen LogP contribution in [-0.4, -0.2) is 22.3 Å². The predicted octanol–water partition coefficient (Wildman–Crippen LogP) is 5.05. The molecule has 0 unspecified atom stereocenters. The lowest BCUT2D eigenvalue weighted by molar-refractivity contribution is 0.401. The van der Waals surface area contributed by atoms with E-state index in [0.717, 1.165) is 38.5 Å². The molecule has 2 aromatic carbocycles. The van der Waals surface area contributed by atoms with Crippen LogP contribution in [0.2, 0.25) is 0 Å². The largest absolute Gasteiger partial charge is 0.481 e. The predicted molar refractivity (Wildman–Crippen MR) is 97.4 cm³/mol. The Labute approximate surface area is 144 Å². The Morgan fingerprint density at radius 3 is 2.52 bits per heavy atom. The molecule has 4 rings (SSSR count). The maximum atomic E-state index is 13.4. The standard InChI is InChI=1S/C20H18FN3O/c1-11(2)19-18(12-4-6-14(21)7-5-12)15-8-13-10-22-24-17(13)9-16(15)20(23-19)25-3/h4-11H,1-3H3,(H,22,24). The molecule has 0 atom stereocenters. The second kappa shape index (κ2) is 5.84. The van der Waals surface area contributed by atoms with Gasteiger partial charge in [-0.05, 0) is 41.1 Å². The fourth-order valence-electron chi connectivity index (χ4n) is 3.23. The van der Waals surface area contributed by atoms with Crippen LogP contribution in [0.5, 0.6) is 5.88 Å². The summed E-state index contributed by atoms with van der Waals surface area (Å²) in [6, 6.07) is 10.6. The van der Waals surface area contributed by atoms with Gasteiger partial charge in [-0.3, -0.25) is 5.10 Å². The third kappa shape index (κ3) is 2.52. The number of H-pyrrole nitrogens is 1. The number of pyridine rings is 1. The molecule has 25 heavy (non-hydrogen) atoms. The molecule has 0 saturated heterocycles. The molecule has 0 aliphatic rings. The Hall–Kier alpha value is -2.95. The van der Waals surface area contributed by atoms with Gasteiger partial charge in [0.2, 0.25) is 5.88 Å². The highest BCUT2D eigenvalue weighted by Crippen LogP contribution is 2.40. The maximum absolute atomic E-state index is 13.4. The lowest BCUT2D eigenvalue weighted by Crippen LogP contribution is -2.01. The van der Waals surface area contributed by atoms with Crippen LogP contribution in [-0.2, 0) is 0 Å². The molecule has 0 aliphatic heterocycles. The van der Waals surface area contributed by atoms with Gasteiger partial charge in [0.15, 0.2) is 0 Å². The summed E-state index contributed by atoms with van der Waals surface area (Å²) in [4.78, 5) is 4.76. The molecule has 126 valence electrons. The van der Waals surface area contributed by atoms with Crippen LogP contribution in [0, 0.1) is 5.82 Å². The fraction of sp³-hybridized carbons (Fsp3) is 0.200. The van der Waals surface area contributed by atoms with Crippen LogP contribution >= 0.6 is 0 Å². The number of hydrogen-bond acceptors (Lipinski definition) is 3. The Kier molecular flexibility index (Phi) is 3.64. The lowest BCUT2D eigenvalue weighted by atomic mass is 9.92. The molecule has 5 heteroatoms. The molecular formula is C20H18FN3O. The van der Waals surface area contributed by atoms with E-state index in [1.54, 1.807) is 25.4 Å². The maximum Gasteiger partial charge on any atom is 0.221 e. The van der Waals surface area contributed by atoms with E-state index in [0.29, 0.717) is 5.88 Å². The van der Waals surface area contributed by atoms with E-state index in [1.807, 2.05) is 6.07 Å². The van der Waals surface area contributed by atoms with Gasteiger partial charge < -0.3 is 4.74 Å². The minimum atomic E-state index is -0.252. The Morgan fingerprint density at radius 1 is 1.08 bits per heavy atom. The monoisotopic (exact) mass is 335 g/mol. The van der Waals surface area contributed by atoms with Gasteiger partial charge in [0.05, 0.1) is 24.5 Å². The minimum absolute atomic E-state index is 0.193. The van der Waals surface area contributed by atoms with E-state index >= 15 is 0 Å². The fourth-order valence-corrected chi connectivity index (χ4v) is 3.23. The summed E-state index contributed by atoms with van der Waals surface area (Å²) in [6.45, 7) is 4.19. The van der Waals surface area contributed by atoms with Crippen LogP contribution in [0.15, 0.2) is 42.6 Å². The second-order valence-corrected chi connectivity index (χ2v) is 6.40. The molecule has 0 radical (unpaired) electrons. The number of halogens is 1. The van der Waals surface area contributed by atoms with E-state index in [9.17, 15) is 4.39 Å². The van der Waals surface area contributed by atoms with Gasteiger partial charge in [-0.2, -0.15) is 5.10 Å². The van der Waals surface area contributed by atoms with Crippen molar-refractivity contribution in [3.8, 4) is 17.0 Å². The molecule has 0 saturated carbocycles. The van der Waals surface area contributed by atoms with Gasteiger partial charge in [0, 0.05) is 16.3 Å². The van der Waals surface area contributed by atoms with Gasteiger partial charge >= 0.3 is 0 Å². The number of ether oxygens (including phenoxy) is 1. The first-order valence-electron chi connectivity index (χ1n) is 8.19. The summed E-state index contributed by atoms with van der Waals surface area (Å²) < 4.78 is 19.0. The third-order valence-corrected chi connectivity index (χ3v) is 4.43. The molecule has 0 amide bonds. The number of aromatic amines is 1. The van der Waals surface area contributed by atoms with Crippen molar-refractivity contribution in [2.75, 3.05) is 7.11 Å². The third-order valence-electron chi connectivity index (χ3n) is 4.43. The van der Waals surface area contributed by atoms with Crippen molar-refractivity contribution >= 4 is 21.7 Å². The summed E-state index contributed by atoms with van der Waals surface area (Å²) in [5, 5.41) is 10.0. The first-order valence-corrected chi connectivity index (χ1v) is 8.19. The van der Waals surface area contributed by atoms with E-state index in [-0.39, 0.29) is 11.7 Å². The molecule has 4 nitrogen and oxygen atoms in total. The van der Waals surface area contributed by atoms with E-state index < -0.39 is 0 Å². The van der Waals surface area contributed by atoms with Crippen LogP contribution in [0.1, 0.15) is 25.5 Å². The molecule has 1 N–H and O–H groups in total. The summed E-state index contributed by atoms with van der Waals surface area (Å²) >= 11 is 0. The van der Waals surface area contributed by atoms with E-state index in [4.69, 9.17) is 9.72 Å². The Morgan fingerprint density at radius 2 is 1.84 bits per heavy atom. The van der Waals surface area contributed by atoms with Gasteiger partial charge in [0.1, 0.15) is 5.82 Å². The zero-order valence-electron chi connectivity index (χ0n) is 14.3. The quantitative estimate of drug-likeness (QED) is 0.570. The van der Waals surface area contributed by atoms with Gasteiger partial charge in [0.25, 0.3) is 0 Å². The normalized spacial score (nSPS) is 11.6. The first-order chi connectivity index (χ1) is 12.1. The highest BCUT2D eigenvalue weighted by molar-refractivity contribution is 6.06. The van der Waals surface area contributed by atoms with Crippen molar-refractivity contribution in [3.63, 3.8) is 0 Å². The molecule has 2 aromatic heterocycles. The van der Waals surface area contributed by atoms with Gasteiger partial charge in [-0.15, -0.1) is 0 Å². The number of fused-ring (bicyclic) bond motifs is 2. The smallest absolute Gasteiger partial charge is 0.221 e. The van der Waals surface area contributed by atoms with E-state index in [1.165, 1.54) is 12.1 Å². The molecule has 0 fully saturated rings.